The number of rotatable bonds is 4. The number of piperazine rings is 1. The SMILES string of the molecule is CC(C)(C)OC(=O)NC1CCN(C2C(F)CC3C(=O)C(C(=O)N4CCN(c5ccccc5)CC4)=CN4C5CCCCC5OC2C34)C1. The standard InChI is InChI=1S/C35H48FN5O5/c1-35(2,3)46-34(44)37-22-13-14-40(20-22)30-26(36)19-24-29-32(30)45-28-12-8-7-11-27(28)41(29)21-25(31(24)42)33(43)39-17-15-38(16-18-39)23-9-5-4-6-10-23/h4-6,9-10,21-22,24,26-30,32H,7-8,11-20H2,1-3H3,(H,37,44). The van der Waals surface area contributed by atoms with Gasteiger partial charge in [0.15, 0.2) is 5.78 Å². The van der Waals surface area contributed by atoms with Gasteiger partial charge in [0.25, 0.3) is 5.91 Å². The Labute approximate surface area is 271 Å². The zero-order valence-electron chi connectivity index (χ0n) is 27.3. The number of alkyl halides is 1. The molecule has 2 saturated carbocycles. The number of hydrogen-bond donors (Lipinski definition) is 1. The summed E-state index contributed by atoms with van der Waals surface area (Å²) < 4.78 is 28.7. The molecule has 0 spiro atoms. The van der Waals surface area contributed by atoms with Crippen molar-refractivity contribution in [2.24, 2.45) is 5.92 Å². The van der Waals surface area contributed by atoms with Crippen LogP contribution >= 0.6 is 0 Å². The highest BCUT2D eigenvalue weighted by Gasteiger charge is 2.60. The minimum absolute atomic E-state index is 0.0645. The van der Waals surface area contributed by atoms with Crippen LogP contribution in [0.5, 0.6) is 0 Å². The smallest absolute Gasteiger partial charge is 0.407 e. The molecule has 250 valence electrons. The topological polar surface area (TPSA) is 94.7 Å². The molecule has 4 heterocycles. The number of alkyl carbamates (subject to hydrolysis) is 1. The highest BCUT2D eigenvalue weighted by Crippen LogP contribution is 2.47. The number of halogens is 1. The Bertz CT molecular complexity index is 1340. The first-order chi connectivity index (χ1) is 22.1. The van der Waals surface area contributed by atoms with E-state index in [1.54, 1.807) is 4.90 Å². The van der Waals surface area contributed by atoms with Crippen LogP contribution in [0, 0.1) is 5.92 Å². The van der Waals surface area contributed by atoms with Crippen LogP contribution in [-0.4, -0.2) is 120 Å². The first kappa shape index (κ1) is 31.4. The van der Waals surface area contributed by atoms with E-state index in [0.717, 1.165) is 31.4 Å². The monoisotopic (exact) mass is 637 g/mol. The second kappa shape index (κ2) is 12.4. The summed E-state index contributed by atoms with van der Waals surface area (Å²) >= 11 is 0. The molecule has 4 aliphatic heterocycles. The number of likely N-dealkylation sites (tertiary alicyclic amines) is 1. The first-order valence-corrected chi connectivity index (χ1v) is 17.2. The average molecular weight is 638 g/mol. The number of morpholine rings is 1. The molecule has 0 aromatic heterocycles. The van der Waals surface area contributed by atoms with Crippen LogP contribution in [0.15, 0.2) is 42.1 Å². The van der Waals surface area contributed by atoms with Crippen molar-refractivity contribution in [3.63, 3.8) is 0 Å². The van der Waals surface area contributed by atoms with Crippen molar-refractivity contribution >= 4 is 23.5 Å². The van der Waals surface area contributed by atoms with Gasteiger partial charge in [0, 0.05) is 63.1 Å². The zero-order valence-corrected chi connectivity index (χ0v) is 27.3. The summed E-state index contributed by atoms with van der Waals surface area (Å²) in [6.07, 6.45) is 4.18. The number of amides is 2. The quantitative estimate of drug-likeness (QED) is 0.502. The number of Topliss-reactive ketones (excluding diaryl/α,β-unsaturated/α-hetero) is 1. The van der Waals surface area contributed by atoms with E-state index in [1.165, 1.54) is 0 Å². The average Bonchev–Trinajstić information content (AvgIpc) is 3.48. The van der Waals surface area contributed by atoms with Gasteiger partial charge in [0.1, 0.15) is 11.8 Å². The van der Waals surface area contributed by atoms with E-state index in [-0.39, 0.29) is 47.9 Å². The fourth-order valence-corrected chi connectivity index (χ4v) is 8.78. The maximum atomic E-state index is 16.4. The Morgan fingerprint density at radius 2 is 1.72 bits per heavy atom. The first-order valence-electron chi connectivity index (χ1n) is 17.2. The Hall–Kier alpha value is -3.18. The van der Waals surface area contributed by atoms with Crippen LogP contribution in [0.1, 0.15) is 59.3 Å². The van der Waals surface area contributed by atoms with Gasteiger partial charge in [0.2, 0.25) is 0 Å². The van der Waals surface area contributed by atoms with E-state index in [0.29, 0.717) is 45.7 Å². The van der Waals surface area contributed by atoms with Crippen molar-refractivity contribution in [2.45, 2.75) is 107 Å². The predicted octanol–water partition coefficient (Wildman–Crippen LogP) is 3.51. The minimum atomic E-state index is -1.29. The van der Waals surface area contributed by atoms with Crippen molar-refractivity contribution in [3.8, 4) is 0 Å². The number of carbonyl (C=O) groups excluding carboxylic acids is 3. The van der Waals surface area contributed by atoms with Crippen LogP contribution < -0.4 is 10.2 Å². The summed E-state index contributed by atoms with van der Waals surface area (Å²) in [5, 5.41) is 2.96. The van der Waals surface area contributed by atoms with Gasteiger partial charge in [-0.15, -0.1) is 0 Å². The van der Waals surface area contributed by atoms with Crippen LogP contribution in [0.2, 0.25) is 0 Å². The van der Waals surface area contributed by atoms with Crippen molar-refractivity contribution in [1.82, 2.24) is 20.0 Å². The lowest BCUT2D eigenvalue weighted by Crippen LogP contribution is -2.73. The fourth-order valence-electron chi connectivity index (χ4n) is 8.78. The summed E-state index contributed by atoms with van der Waals surface area (Å²) in [6, 6.07) is 9.24. The van der Waals surface area contributed by atoms with Crippen LogP contribution in [0.25, 0.3) is 0 Å². The highest BCUT2D eigenvalue weighted by atomic mass is 19.1. The van der Waals surface area contributed by atoms with E-state index >= 15 is 4.39 Å². The van der Waals surface area contributed by atoms with Gasteiger partial charge in [-0.25, -0.2) is 9.18 Å². The van der Waals surface area contributed by atoms with Gasteiger partial charge in [0.05, 0.1) is 35.9 Å². The van der Waals surface area contributed by atoms with Gasteiger partial charge in [-0.1, -0.05) is 31.0 Å². The summed E-state index contributed by atoms with van der Waals surface area (Å²) in [5.41, 5.74) is 0.732. The van der Waals surface area contributed by atoms with Crippen molar-refractivity contribution in [2.75, 3.05) is 44.2 Å². The zero-order chi connectivity index (χ0) is 32.2. The number of nitrogens with zero attached hydrogens (tertiary/aromatic N) is 4. The number of hydrogen-bond acceptors (Lipinski definition) is 8. The number of carbonyl (C=O) groups is 3. The largest absolute Gasteiger partial charge is 0.444 e. The molecule has 8 unspecified atom stereocenters. The van der Waals surface area contributed by atoms with E-state index in [2.05, 4.69) is 32.1 Å². The summed E-state index contributed by atoms with van der Waals surface area (Å²) in [4.78, 5) is 49.0. The van der Waals surface area contributed by atoms with E-state index in [1.807, 2.05) is 45.2 Å². The number of nitrogens with one attached hydrogen (secondary N) is 1. The lowest BCUT2D eigenvalue weighted by Gasteiger charge is -2.60. The molecule has 0 radical (unpaired) electrons. The molecule has 7 rings (SSSR count). The maximum Gasteiger partial charge on any atom is 0.407 e. The van der Waals surface area contributed by atoms with Gasteiger partial charge >= 0.3 is 6.09 Å². The second-order valence-electron chi connectivity index (χ2n) is 14.9. The molecule has 8 atom stereocenters. The summed E-state index contributed by atoms with van der Waals surface area (Å²) in [7, 11) is 0. The Balaban J connectivity index is 1.10. The summed E-state index contributed by atoms with van der Waals surface area (Å²) in [5.74, 6) is -1.11. The minimum Gasteiger partial charge on any atom is -0.444 e. The summed E-state index contributed by atoms with van der Waals surface area (Å²) in [6.45, 7) is 9.07. The van der Waals surface area contributed by atoms with E-state index in [9.17, 15) is 14.4 Å². The third-order valence-corrected chi connectivity index (χ3v) is 10.8. The van der Waals surface area contributed by atoms with Gasteiger partial charge in [-0.05, 0) is 58.6 Å². The fraction of sp³-hybridized carbons (Fsp3) is 0.686. The molecular formula is C35H48FN5O5. The molecule has 1 N–H and O–H groups in total. The second-order valence-corrected chi connectivity index (χ2v) is 14.9. The number of ketones is 1. The lowest BCUT2D eigenvalue weighted by atomic mass is 9.69. The molecular weight excluding hydrogens is 589 g/mol. The van der Waals surface area contributed by atoms with Gasteiger partial charge in [-0.2, -0.15) is 0 Å². The molecule has 0 bridgehead atoms. The molecule has 1 aromatic carbocycles. The van der Waals surface area contributed by atoms with Gasteiger partial charge < -0.3 is 29.5 Å². The number of fused-ring (bicyclic) bond motifs is 2. The molecule has 2 amide bonds. The molecule has 3 saturated heterocycles. The molecule has 6 aliphatic rings. The normalized spacial score (nSPS) is 34.8. The maximum absolute atomic E-state index is 16.4. The van der Waals surface area contributed by atoms with Crippen LogP contribution in [0.3, 0.4) is 0 Å². The Morgan fingerprint density at radius 3 is 2.46 bits per heavy atom. The molecule has 1 aromatic rings. The van der Waals surface area contributed by atoms with Crippen LogP contribution in [-0.2, 0) is 19.1 Å². The third-order valence-electron chi connectivity index (χ3n) is 10.8. The molecule has 11 heteroatoms. The number of para-hydroxylation sites is 1. The number of ether oxygens (including phenoxy) is 2. The van der Waals surface area contributed by atoms with E-state index in [4.69, 9.17) is 9.47 Å². The highest BCUT2D eigenvalue weighted by molar-refractivity contribution is 6.20. The van der Waals surface area contributed by atoms with E-state index < -0.39 is 35.9 Å². The number of anilines is 1. The van der Waals surface area contributed by atoms with Gasteiger partial charge in [-0.3, -0.25) is 14.5 Å². The van der Waals surface area contributed by atoms with Crippen LogP contribution in [0.4, 0.5) is 14.9 Å². The van der Waals surface area contributed by atoms with Crippen molar-refractivity contribution in [3.05, 3.63) is 42.1 Å². The Morgan fingerprint density at radius 1 is 0.978 bits per heavy atom. The number of benzene rings is 1. The van der Waals surface area contributed by atoms with Crippen molar-refractivity contribution in [1.29, 1.82) is 0 Å². The Kier molecular flexibility index (Phi) is 8.50. The molecule has 2 aliphatic carbocycles. The molecule has 46 heavy (non-hydrogen) atoms. The lowest BCUT2D eigenvalue weighted by molar-refractivity contribution is -0.210. The van der Waals surface area contributed by atoms with Crippen molar-refractivity contribution < 1.29 is 28.2 Å². The molecule has 10 nitrogen and oxygen atoms in total. The third kappa shape index (κ3) is 6.01. The predicted molar refractivity (Wildman–Crippen MR) is 171 cm³/mol. The molecule has 5 fully saturated rings.